The SMILES string of the molecule is CS(=O)(=O)c1nc2c(c(=O)[nH]1)CN(Cc1ccc(F)cc1)CC2. The molecular formula is C15H16FN3O3S. The number of sulfone groups is 1. The Morgan fingerprint density at radius 1 is 1.30 bits per heavy atom. The molecule has 0 saturated carbocycles. The maximum atomic E-state index is 12.9. The summed E-state index contributed by atoms with van der Waals surface area (Å²) in [5.74, 6) is -0.285. The van der Waals surface area contributed by atoms with Crippen LogP contribution >= 0.6 is 0 Å². The van der Waals surface area contributed by atoms with Crippen molar-refractivity contribution in [3.8, 4) is 0 Å². The maximum absolute atomic E-state index is 12.9. The molecule has 1 aliphatic rings. The standard InChI is InChI=1S/C15H16FN3O3S/c1-23(21,22)15-17-13-6-7-19(9-12(13)14(20)18-15)8-10-2-4-11(16)5-3-10/h2-5H,6-9H2,1H3,(H,17,18,20). The molecule has 23 heavy (non-hydrogen) atoms. The molecule has 1 N–H and O–H groups in total. The van der Waals surface area contributed by atoms with Gasteiger partial charge >= 0.3 is 0 Å². The van der Waals surface area contributed by atoms with Crippen LogP contribution < -0.4 is 5.56 Å². The second-order valence-corrected chi connectivity index (χ2v) is 7.59. The van der Waals surface area contributed by atoms with E-state index in [9.17, 15) is 17.6 Å². The second-order valence-electron chi connectivity index (χ2n) is 5.66. The first-order chi connectivity index (χ1) is 10.8. The highest BCUT2D eigenvalue weighted by molar-refractivity contribution is 7.90. The van der Waals surface area contributed by atoms with Gasteiger partial charge in [-0.2, -0.15) is 0 Å². The third-order valence-electron chi connectivity index (χ3n) is 3.80. The highest BCUT2D eigenvalue weighted by Gasteiger charge is 2.23. The topological polar surface area (TPSA) is 83.1 Å². The quantitative estimate of drug-likeness (QED) is 0.841. The minimum Gasteiger partial charge on any atom is -0.297 e. The fourth-order valence-electron chi connectivity index (χ4n) is 2.62. The van der Waals surface area contributed by atoms with Gasteiger partial charge < -0.3 is 0 Å². The summed E-state index contributed by atoms with van der Waals surface area (Å²) in [6.45, 7) is 1.64. The summed E-state index contributed by atoms with van der Waals surface area (Å²) in [7, 11) is -3.54. The Hall–Kier alpha value is -2.06. The van der Waals surface area contributed by atoms with Crippen LogP contribution in [0.1, 0.15) is 16.8 Å². The van der Waals surface area contributed by atoms with Crippen molar-refractivity contribution >= 4 is 9.84 Å². The van der Waals surface area contributed by atoms with Crippen molar-refractivity contribution in [2.24, 2.45) is 0 Å². The fraction of sp³-hybridized carbons (Fsp3) is 0.333. The van der Waals surface area contributed by atoms with Crippen molar-refractivity contribution in [3.05, 3.63) is 57.3 Å². The Bertz CT molecular complexity index is 891. The third-order valence-corrected chi connectivity index (χ3v) is 4.69. The van der Waals surface area contributed by atoms with Crippen LogP contribution in [-0.4, -0.2) is 36.1 Å². The Labute approximate surface area is 132 Å². The summed E-state index contributed by atoms with van der Waals surface area (Å²) in [6.07, 6.45) is 1.52. The maximum Gasteiger partial charge on any atom is 0.256 e. The van der Waals surface area contributed by atoms with Gasteiger partial charge in [-0.1, -0.05) is 12.1 Å². The van der Waals surface area contributed by atoms with E-state index in [4.69, 9.17) is 0 Å². The number of hydrogen-bond acceptors (Lipinski definition) is 5. The summed E-state index contributed by atoms with van der Waals surface area (Å²) in [6, 6.07) is 6.22. The van der Waals surface area contributed by atoms with Crippen molar-refractivity contribution in [2.75, 3.05) is 12.8 Å². The number of benzene rings is 1. The monoisotopic (exact) mass is 337 g/mol. The highest BCUT2D eigenvalue weighted by atomic mass is 32.2. The van der Waals surface area contributed by atoms with E-state index in [0.717, 1.165) is 11.8 Å². The normalized spacial score (nSPS) is 15.4. The van der Waals surface area contributed by atoms with Crippen LogP contribution in [0.4, 0.5) is 4.39 Å². The molecular weight excluding hydrogens is 321 g/mol. The molecule has 0 amide bonds. The molecule has 0 bridgehead atoms. The average Bonchev–Trinajstić information content (AvgIpc) is 2.49. The van der Waals surface area contributed by atoms with Gasteiger partial charge in [0.15, 0.2) is 0 Å². The zero-order valence-corrected chi connectivity index (χ0v) is 13.4. The van der Waals surface area contributed by atoms with E-state index >= 15 is 0 Å². The molecule has 3 rings (SSSR count). The number of halogens is 1. The van der Waals surface area contributed by atoms with Gasteiger partial charge in [0.25, 0.3) is 5.56 Å². The molecule has 122 valence electrons. The van der Waals surface area contributed by atoms with Crippen molar-refractivity contribution in [2.45, 2.75) is 24.7 Å². The number of fused-ring (bicyclic) bond motifs is 1. The van der Waals surface area contributed by atoms with Crippen LogP contribution in [-0.2, 0) is 29.3 Å². The van der Waals surface area contributed by atoms with E-state index in [1.165, 1.54) is 12.1 Å². The van der Waals surface area contributed by atoms with Crippen molar-refractivity contribution in [1.82, 2.24) is 14.9 Å². The van der Waals surface area contributed by atoms with Gasteiger partial charge in [-0.15, -0.1) is 0 Å². The largest absolute Gasteiger partial charge is 0.297 e. The molecule has 0 fully saturated rings. The Balaban J connectivity index is 1.84. The molecule has 0 radical (unpaired) electrons. The zero-order chi connectivity index (χ0) is 16.6. The van der Waals surface area contributed by atoms with Crippen LogP contribution in [0.5, 0.6) is 0 Å². The van der Waals surface area contributed by atoms with E-state index in [2.05, 4.69) is 9.97 Å². The predicted molar refractivity (Wildman–Crippen MR) is 82.2 cm³/mol. The molecule has 2 heterocycles. The summed E-state index contributed by atoms with van der Waals surface area (Å²) < 4.78 is 36.0. The van der Waals surface area contributed by atoms with Gasteiger partial charge in [-0.3, -0.25) is 14.7 Å². The summed E-state index contributed by atoms with van der Waals surface area (Å²) in [5.41, 5.74) is 1.56. The molecule has 1 aromatic carbocycles. The molecule has 0 saturated heterocycles. The number of hydrogen-bond donors (Lipinski definition) is 1. The van der Waals surface area contributed by atoms with Crippen LogP contribution in [0.3, 0.4) is 0 Å². The molecule has 6 nitrogen and oxygen atoms in total. The first-order valence-electron chi connectivity index (χ1n) is 7.12. The number of aromatic amines is 1. The van der Waals surface area contributed by atoms with E-state index in [1.54, 1.807) is 12.1 Å². The number of nitrogens with zero attached hydrogens (tertiary/aromatic N) is 2. The van der Waals surface area contributed by atoms with Crippen molar-refractivity contribution in [3.63, 3.8) is 0 Å². The Morgan fingerprint density at radius 2 is 2.00 bits per heavy atom. The number of rotatable bonds is 3. The fourth-order valence-corrected chi connectivity index (χ4v) is 3.17. The predicted octanol–water partition coefficient (Wildman–Crippen LogP) is 0.871. The summed E-state index contributed by atoms with van der Waals surface area (Å²) in [5, 5.41) is -0.284. The van der Waals surface area contributed by atoms with E-state index in [1.807, 2.05) is 4.90 Å². The average molecular weight is 337 g/mol. The van der Waals surface area contributed by atoms with Gasteiger partial charge in [0.05, 0.1) is 11.3 Å². The van der Waals surface area contributed by atoms with Gasteiger partial charge in [0.2, 0.25) is 15.0 Å². The first-order valence-corrected chi connectivity index (χ1v) is 9.01. The van der Waals surface area contributed by atoms with Crippen molar-refractivity contribution < 1.29 is 12.8 Å². The molecule has 1 aromatic heterocycles. The Kier molecular flexibility index (Phi) is 4.03. The van der Waals surface area contributed by atoms with Gasteiger partial charge in [0, 0.05) is 32.3 Å². The van der Waals surface area contributed by atoms with Crippen LogP contribution in [0.2, 0.25) is 0 Å². The summed E-state index contributed by atoms with van der Waals surface area (Å²) >= 11 is 0. The molecule has 1 aliphatic heterocycles. The lowest BCUT2D eigenvalue weighted by molar-refractivity contribution is 0.240. The number of H-pyrrole nitrogens is 1. The minimum absolute atomic E-state index is 0.284. The smallest absolute Gasteiger partial charge is 0.256 e. The van der Waals surface area contributed by atoms with Crippen LogP contribution in [0.25, 0.3) is 0 Å². The molecule has 0 spiro atoms. The summed E-state index contributed by atoms with van der Waals surface area (Å²) in [4.78, 5) is 20.6. The number of aromatic nitrogens is 2. The lowest BCUT2D eigenvalue weighted by Gasteiger charge is -2.27. The van der Waals surface area contributed by atoms with Gasteiger partial charge in [0.1, 0.15) is 5.82 Å². The molecule has 8 heteroatoms. The molecule has 0 aliphatic carbocycles. The van der Waals surface area contributed by atoms with E-state index in [-0.39, 0.29) is 11.0 Å². The minimum atomic E-state index is -3.54. The van der Waals surface area contributed by atoms with E-state index < -0.39 is 15.4 Å². The van der Waals surface area contributed by atoms with Gasteiger partial charge in [-0.05, 0) is 17.7 Å². The lowest BCUT2D eigenvalue weighted by Crippen LogP contribution is -2.36. The van der Waals surface area contributed by atoms with Crippen molar-refractivity contribution in [1.29, 1.82) is 0 Å². The Morgan fingerprint density at radius 3 is 2.65 bits per heavy atom. The molecule has 2 aromatic rings. The van der Waals surface area contributed by atoms with Gasteiger partial charge in [-0.25, -0.2) is 17.8 Å². The third kappa shape index (κ3) is 3.48. The lowest BCUT2D eigenvalue weighted by atomic mass is 10.1. The molecule has 0 unspecified atom stereocenters. The highest BCUT2D eigenvalue weighted by Crippen LogP contribution is 2.17. The second kappa shape index (κ2) is 5.86. The van der Waals surface area contributed by atoms with Crippen LogP contribution in [0, 0.1) is 5.82 Å². The molecule has 0 atom stereocenters. The van der Waals surface area contributed by atoms with E-state index in [0.29, 0.717) is 37.3 Å². The zero-order valence-electron chi connectivity index (χ0n) is 12.5. The first kappa shape index (κ1) is 15.8. The number of nitrogens with one attached hydrogen (secondary N) is 1. The van der Waals surface area contributed by atoms with Crippen LogP contribution in [0.15, 0.2) is 34.2 Å².